The van der Waals surface area contributed by atoms with Crippen molar-refractivity contribution in [2.24, 2.45) is 0 Å². The highest BCUT2D eigenvalue weighted by Crippen LogP contribution is 2.40. The third-order valence-electron chi connectivity index (χ3n) is 6.19. The van der Waals surface area contributed by atoms with Crippen molar-refractivity contribution >= 4 is 25.4 Å². The van der Waals surface area contributed by atoms with Gasteiger partial charge in [-0.25, -0.2) is 0 Å². The molecule has 0 rings (SSSR count). The molecule has 0 aliphatic carbocycles. The van der Waals surface area contributed by atoms with Gasteiger partial charge < -0.3 is 8.85 Å². The van der Waals surface area contributed by atoms with E-state index in [1.54, 1.807) is 0 Å². The highest BCUT2D eigenvalue weighted by molar-refractivity contribution is 6.82. The zero-order valence-corrected chi connectivity index (χ0v) is 21.1. The first-order valence-corrected chi connectivity index (χ1v) is 18.6. The van der Waals surface area contributed by atoms with Crippen LogP contribution < -0.4 is 0 Å². The van der Waals surface area contributed by atoms with Crippen LogP contribution in [0.15, 0.2) is 0 Å². The van der Waals surface area contributed by atoms with Crippen molar-refractivity contribution in [2.45, 2.75) is 116 Å². The number of hydrogen-bond acceptors (Lipinski definition) is 2. The van der Waals surface area contributed by atoms with Crippen molar-refractivity contribution in [1.29, 1.82) is 0 Å². The SMILES string of the molecule is CCCC[Si](C)(C)C(C)(CC)O[Si](C)(C)[C@](C)(CC)O[SiH](C)C. The second-order valence-corrected chi connectivity index (χ2v) is 20.9. The Labute approximate surface area is 150 Å². The summed E-state index contributed by atoms with van der Waals surface area (Å²) in [6, 6.07) is 1.36. The molecule has 0 aromatic rings. The normalized spacial score (nSPS) is 18.8. The van der Waals surface area contributed by atoms with Crippen LogP contribution in [0.3, 0.4) is 0 Å². The van der Waals surface area contributed by atoms with E-state index in [4.69, 9.17) is 8.85 Å². The summed E-state index contributed by atoms with van der Waals surface area (Å²) in [5.41, 5.74) is 0. The standard InChI is InChI=1S/C18H44O2Si3/c1-12-15-16-22(8,9)18(5,14-3)20-23(10,11)17(4,13-2)19-21(6)7/h21H,12-16H2,1-11H3/t17-,18?/m1/s1. The highest BCUT2D eigenvalue weighted by Gasteiger charge is 2.52. The average molecular weight is 377 g/mol. The minimum Gasteiger partial charge on any atom is -0.415 e. The molecule has 0 fully saturated rings. The van der Waals surface area contributed by atoms with Gasteiger partial charge in [0.2, 0.25) is 8.32 Å². The van der Waals surface area contributed by atoms with Crippen molar-refractivity contribution in [3.8, 4) is 0 Å². The molecule has 23 heavy (non-hydrogen) atoms. The Morgan fingerprint density at radius 1 is 0.870 bits per heavy atom. The summed E-state index contributed by atoms with van der Waals surface area (Å²) in [4.78, 5) is 0. The van der Waals surface area contributed by atoms with E-state index in [1.807, 2.05) is 0 Å². The van der Waals surface area contributed by atoms with Crippen LogP contribution in [0.25, 0.3) is 0 Å². The van der Waals surface area contributed by atoms with Crippen molar-refractivity contribution in [3.05, 3.63) is 0 Å². The van der Waals surface area contributed by atoms with Crippen LogP contribution in [0.5, 0.6) is 0 Å². The zero-order chi connectivity index (χ0) is 18.5. The lowest BCUT2D eigenvalue weighted by atomic mass is 10.3. The van der Waals surface area contributed by atoms with E-state index in [0.717, 1.165) is 12.8 Å². The summed E-state index contributed by atoms with van der Waals surface area (Å²) in [7, 11) is -4.51. The largest absolute Gasteiger partial charge is 0.415 e. The molecule has 0 N–H and O–H groups in total. The van der Waals surface area contributed by atoms with E-state index >= 15 is 0 Å². The van der Waals surface area contributed by atoms with Crippen LogP contribution >= 0.6 is 0 Å². The molecule has 0 heterocycles. The van der Waals surface area contributed by atoms with Gasteiger partial charge in [-0.15, -0.1) is 0 Å². The molecule has 0 saturated carbocycles. The van der Waals surface area contributed by atoms with Crippen LogP contribution in [-0.2, 0) is 8.85 Å². The van der Waals surface area contributed by atoms with Gasteiger partial charge in [-0.2, -0.15) is 0 Å². The fourth-order valence-electron chi connectivity index (χ4n) is 3.41. The first-order valence-electron chi connectivity index (χ1n) is 9.68. The molecule has 2 nitrogen and oxygen atoms in total. The molecule has 2 atom stereocenters. The van der Waals surface area contributed by atoms with Gasteiger partial charge in [0.1, 0.15) is 0 Å². The lowest BCUT2D eigenvalue weighted by molar-refractivity contribution is 0.0802. The molecule has 5 heteroatoms. The highest BCUT2D eigenvalue weighted by atomic mass is 28.4. The van der Waals surface area contributed by atoms with Crippen LogP contribution in [0.4, 0.5) is 0 Å². The molecular formula is C18H44O2Si3. The zero-order valence-electron chi connectivity index (χ0n) is 17.9. The summed E-state index contributed by atoms with van der Waals surface area (Å²) < 4.78 is 13.6. The predicted molar refractivity (Wildman–Crippen MR) is 113 cm³/mol. The number of hydrogen-bond donors (Lipinski definition) is 0. The molecule has 0 saturated heterocycles. The minimum atomic E-state index is -1.98. The first kappa shape index (κ1) is 23.6. The van der Waals surface area contributed by atoms with Gasteiger partial charge in [0.15, 0.2) is 9.04 Å². The second kappa shape index (κ2) is 8.79. The second-order valence-electron chi connectivity index (χ2n) is 8.94. The van der Waals surface area contributed by atoms with Crippen molar-refractivity contribution in [1.82, 2.24) is 0 Å². The maximum absolute atomic E-state index is 7.09. The van der Waals surface area contributed by atoms with Gasteiger partial charge in [0.25, 0.3) is 0 Å². The maximum atomic E-state index is 7.09. The van der Waals surface area contributed by atoms with Gasteiger partial charge in [-0.05, 0) is 52.9 Å². The summed E-state index contributed by atoms with van der Waals surface area (Å²) in [6.45, 7) is 25.9. The lowest BCUT2D eigenvalue weighted by Crippen LogP contribution is -2.65. The Hall–Kier alpha value is 0.571. The molecule has 0 bridgehead atoms. The molecule has 0 aromatic heterocycles. The molecule has 0 aliphatic heterocycles. The van der Waals surface area contributed by atoms with Crippen molar-refractivity contribution < 1.29 is 8.85 Å². The Kier molecular flexibility index (Phi) is 9.01. The van der Waals surface area contributed by atoms with Gasteiger partial charge in [-0.1, -0.05) is 52.8 Å². The monoisotopic (exact) mass is 376 g/mol. The third kappa shape index (κ3) is 5.80. The molecule has 0 radical (unpaired) electrons. The van der Waals surface area contributed by atoms with Crippen molar-refractivity contribution in [3.63, 3.8) is 0 Å². The molecule has 0 aromatic carbocycles. The quantitative estimate of drug-likeness (QED) is 0.404. The molecular weight excluding hydrogens is 332 g/mol. The summed E-state index contributed by atoms with van der Waals surface area (Å²) in [5.74, 6) is 0. The van der Waals surface area contributed by atoms with E-state index in [9.17, 15) is 0 Å². The average Bonchev–Trinajstić information content (AvgIpc) is 2.43. The van der Waals surface area contributed by atoms with Gasteiger partial charge >= 0.3 is 0 Å². The van der Waals surface area contributed by atoms with E-state index in [2.05, 4.69) is 73.9 Å². The van der Waals surface area contributed by atoms with Crippen LogP contribution in [0.1, 0.15) is 60.3 Å². The van der Waals surface area contributed by atoms with Crippen LogP contribution in [0.2, 0.25) is 45.3 Å². The van der Waals surface area contributed by atoms with E-state index in [-0.39, 0.29) is 10.4 Å². The Bertz CT molecular complexity index is 358. The fourth-order valence-corrected chi connectivity index (χ4v) is 13.4. The van der Waals surface area contributed by atoms with Gasteiger partial charge in [0, 0.05) is 5.22 Å². The predicted octanol–water partition coefficient (Wildman–Crippen LogP) is 6.13. The summed E-state index contributed by atoms with van der Waals surface area (Å²) in [5, 5.41) is -0.0186. The lowest BCUT2D eigenvalue weighted by Gasteiger charge is -2.52. The minimum absolute atomic E-state index is 0.0518. The molecule has 1 unspecified atom stereocenters. The van der Waals surface area contributed by atoms with Crippen molar-refractivity contribution in [2.75, 3.05) is 0 Å². The maximum Gasteiger partial charge on any atom is 0.216 e. The Morgan fingerprint density at radius 2 is 1.35 bits per heavy atom. The van der Waals surface area contributed by atoms with E-state index in [0.29, 0.717) is 0 Å². The Morgan fingerprint density at radius 3 is 1.70 bits per heavy atom. The van der Waals surface area contributed by atoms with Gasteiger partial charge in [-0.3, -0.25) is 0 Å². The smallest absolute Gasteiger partial charge is 0.216 e. The molecule has 0 spiro atoms. The first-order chi connectivity index (χ1) is 10.3. The molecule has 140 valence electrons. The summed E-state index contributed by atoms with van der Waals surface area (Å²) >= 11 is 0. The van der Waals surface area contributed by atoms with Crippen LogP contribution in [-0.4, -0.2) is 35.9 Å². The van der Waals surface area contributed by atoms with Crippen LogP contribution in [0, 0.1) is 0 Å². The van der Waals surface area contributed by atoms with E-state index in [1.165, 1.54) is 18.9 Å². The number of rotatable bonds is 11. The third-order valence-corrected chi connectivity index (χ3v) is 16.5. The fraction of sp³-hybridized carbons (Fsp3) is 1.00. The molecule has 0 aliphatic rings. The summed E-state index contributed by atoms with van der Waals surface area (Å²) in [6.07, 6.45) is 4.78. The number of unbranched alkanes of at least 4 members (excludes halogenated alkanes) is 1. The molecule has 0 amide bonds. The van der Waals surface area contributed by atoms with E-state index < -0.39 is 25.4 Å². The van der Waals surface area contributed by atoms with Gasteiger partial charge in [0.05, 0.1) is 13.3 Å². The topological polar surface area (TPSA) is 18.5 Å². The Balaban J connectivity index is 5.49.